The van der Waals surface area contributed by atoms with Crippen molar-refractivity contribution >= 4 is 10.9 Å². The van der Waals surface area contributed by atoms with Crippen LogP contribution in [-0.2, 0) is 11.2 Å². The molecule has 8 nitrogen and oxygen atoms in total. The van der Waals surface area contributed by atoms with E-state index in [2.05, 4.69) is 22.5 Å². The Hall–Kier alpha value is -1.68. The highest BCUT2D eigenvalue weighted by Crippen LogP contribution is 2.53. The van der Waals surface area contributed by atoms with Crippen LogP contribution < -0.4 is 4.74 Å². The van der Waals surface area contributed by atoms with Crippen LogP contribution in [0.25, 0.3) is 10.9 Å². The van der Waals surface area contributed by atoms with E-state index in [4.69, 9.17) is 9.47 Å². The van der Waals surface area contributed by atoms with Crippen molar-refractivity contribution in [1.29, 1.82) is 0 Å². The normalized spacial score (nSPS) is 41.4. The van der Waals surface area contributed by atoms with Gasteiger partial charge < -0.3 is 34.5 Å². The number of benzene rings is 1. The average Bonchev–Trinajstić information content (AvgIpc) is 3.13. The summed E-state index contributed by atoms with van der Waals surface area (Å²) < 4.78 is 13.8. The predicted molar refractivity (Wildman–Crippen MR) is 126 cm³/mol. The topological polar surface area (TPSA) is 108 Å². The maximum Gasteiger partial charge on any atom is 0.163 e. The smallest absolute Gasteiger partial charge is 0.163 e. The molecule has 8 heteroatoms. The Morgan fingerprint density at radius 1 is 1.12 bits per heavy atom. The zero-order valence-corrected chi connectivity index (χ0v) is 19.9. The van der Waals surface area contributed by atoms with Gasteiger partial charge in [0.1, 0.15) is 30.2 Å². The molecule has 3 saturated heterocycles. The molecule has 1 saturated carbocycles. The lowest BCUT2D eigenvalue weighted by Gasteiger charge is -2.54. The summed E-state index contributed by atoms with van der Waals surface area (Å²) >= 11 is 0. The van der Waals surface area contributed by atoms with Crippen LogP contribution in [0.3, 0.4) is 0 Å². The van der Waals surface area contributed by atoms with Gasteiger partial charge in [-0.15, -0.1) is 0 Å². The number of rotatable bonds is 4. The highest BCUT2D eigenvalue weighted by Gasteiger charge is 2.51. The van der Waals surface area contributed by atoms with E-state index >= 15 is 0 Å². The van der Waals surface area contributed by atoms with E-state index in [-0.39, 0.29) is 0 Å². The van der Waals surface area contributed by atoms with Gasteiger partial charge in [0.25, 0.3) is 0 Å². The quantitative estimate of drug-likeness (QED) is 0.533. The summed E-state index contributed by atoms with van der Waals surface area (Å²) in [5.41, 5.74) is 3.38. The molecule has 4 N–H and O–H groups in total. The molecule has 0 radical (unpaired) electrons. The zero-order valence-electron chi connectivity index (χ0n) is 19.9. The summed E-state index contributed by atoms with van der Waals surface area (Å²) in [6.45, 7) is 4.02. The molecule has 2 aromatic rings. The maximum absolute atomic E-state index is 11.1. The fourth-order valence-corrected chi connectivity index (χ4v) is 7.56. The van der Waals surface area contributed by atoms with E-state index in [1.165, 1.54) is 17.7 Å². The van der Waals surface area contributed by atoms with Gasteiger partial charge in [0.05, 0.1) is 19.2 Å². The molecular formula is C26H36N2O6. The maximum atomic E-state index is 11.1. The molecule has 4 bridgehead atoms. The van der Waals surface area contributed by atoms with Crippen molar-refractivity contribution in [2.24, 2.45) is 11.8 Å². The number of aliphatic hydroxyl groups excluding tert-OH is 4. The number of fused-ring (bicyclic) bond motifs is 4. The number of hydrogen-bond donors (Lipinski definition) is 4. The van der Waals surface area contributed by atoms with Gasteiger partial charge in [-0.3, -0.25) is 4.90 Å². The molecule has 10 atom stereocenters. The summed E-state index contributed by atoms with van der Waals surface area (Å²) in [6, 6.07) is 6.43. The van der Waals surface area contributed by atoms with Gasteiger partial charge in [0, 0.05) is 36.1 Å². The first-order valence-electron chi connectivity index (χ1n) is 12.7. The van der Waals surface area contributed by atoms with Crippen molar-refractivity contribution in [2.75, 3.05) is 26.8 Å². The molecule has 0 spiro atoms. The van der Waals surface area contributed by atoms with Gasteiger partial charge in [-0.2, -0.15) is 0 Å². The molecule has 4 aliphatic heterocycles. The van der Waals surface area contributed by atoms with Crippen LogP contribution in [0.15, 0.2) is 18.2 Å². The lowest BCUT2D eigenvalue weighted by atomic mass is 9.65. The van der Waals surface area contributed by atoms with Crippen molar-refractivity contribution in [3.63, 3.8) is 0 Å². The lowest BCUT2D eigenvalue weighted by Crippen LogP contribution is -2.58. The fourth-order valence-electron chi connectivity index (χ4n) is 7.56. The van der Waals surface area contributed by atoms with Crippen molar-refractivity contribution < 1.29 is 29.9 Å². The molecule has 186 valence electrons. The third-order valence-corrected chi connectivity index (χ3v) is 9.04. The van der Waals surface area contributed by atoms with E-state index in [9.17, 15) is 20.4 Å². The van der Waals surface area contributed by atoms with Crippen LogP contribution in [0, 0.1) is 11.8 Å². The van der Waals surface area contributed by atoms with Gasteiger partial charge in [-0.1, -0.05) is 13.3 Å². The van der Waals surface area contributed by atoms with E-state index in [1.54, 1.807) is 7.11 Å². The second-order valence-electron chi connectivity index (χ2n) is 10.7. The van der Waals surface area contributed by atoms with Crippen LogP contribution in [-0.4, -0.2) is 87.2 Å². The Labute approximate surface area is 199 Å². The standard InChI is InChI=1S/C26H36N2O6/c1-3-14-8-13-9-18-21(14)27(11-13)7-6-16-17-10-15(33-2)4-5-19(17)28(22(16)18)26-25(32)24(31)23(30)20(12-29)34-26/h4-5,10,13-14,18,20-21,23-26,29-32H,3,6-9,11-12H2,1-2H3/t13-,14-,18+,20?,21?,23+,24-,25?,26-/m0/s1. The molecule has 5 aliphatic rings. The van der Waals surface area contributed by atoms with Crippen molar-refractivity contribution in [2.45, 2.75) is 75.2 Å². The molecule has 5 heterocycles. The molecule has 1 aliphatic carbocycles. The summed E-state index contributed by atoms with van der Waals surface area (Å²) in [4.78, 5) is 2.68. The number of ether oxygens (including phenoxy) is 2. The lowest BCUT2D eigenvalue weighted by molar-refractivity contribution is -0.251. The molecule has 4 unspecified atom stereocenters. The molecule has 1 aromatic carbocycles. The van der Waals surface area contributed by atoms with E-state index in [0.29, 0.717) is 23.8 Å². The summed E-state index contributed by atoms with van der Waals surface area (Å²) in [5.74, 6) is 2.38. The van der Waals surface area contributed by atoms with Crippen LogP contribution >= 0.6 is 0 Å². The third kappa shape index (κ3) is 3.20. The Kier molecular flexibility index (Phi) is 5.67. The number of aliphatic hydroxyl groups is 4. The Morgan fingerprint density at radius 2 is 1.94 bits per heavy atom. The van der Waals surface area contributed by atoms with Gasteiger partial charge >= 0.3 is 0 Å². The van der Waals surface area contributed by atoms with Gasteiger partial charge in [0.2, 0.25) is 0 Å². The first kappa shape index (κ1) is 22.8. The Bertz CT molecular complexity index is 1070. The van der Waals surface area contributed by atoms with Crippen molar-refractivity contribution in [3.8, 4) is 5.75 Å². The molecule has 1 aromatic heterocycles. The third-order valence-electron chi connectivity index (χ3n) is 9.04. The fraction of sp³-hybridized carbons (Fsp3) is 0.692. The van der Waals surface area contributed by atoms with Crippen LogP contribution in [0.4, 0.5) is 0 Å². The molecule has 0 amide bonds. The molecule has 34 heavy (non-hydrogen) atoms. The first-order chi connectivity index (χ1) is 16.5. The second kappa shape index (κ2) is 8.47. The van der Waals surface area contributed by atoms with E-state index < -0.39 is 37.3 Å². The summed E-state index contributed by atoms with van der Waals surface area (Å²) in [7, 11) is 1.66. The van der Waals surface area contributed by atoms with E-state index in [0.717, 1.165) is 49.0 Å². The number of aromatic nitrogens is 1. The molecule has 4 fully saturated rings. The monoisotopic (exact) mass is 472 g/mol. The van der Waals surface area contributed by atoms with Crippen molar-refractivity contribution in [3.05, 3.63) is 29.5 Å². The number of methoxy groups -OCH3 is 1. The predicted octanol–water partition coefficient (Wildman–Crippen LogP) is 1.38. The number of piperidine rings is 2. The average molecular weight is 473 g/mol. The van der Waals surface area contributed by atoms with Gasteiger partial charge in [0.15, 0.2) is 6.23 Å². The van der Waals surface area contributed by atoms with Crippen LogP contribution in [0.1, 0.15) is 49.6 Å². The van der Waals surface area contributed by atoms with Crippen LogP contribution in [0.5, 0.6) is 5.75 Å². The van der Waals surface area contributed by atoms with Gasteiger partial charge in [-0.05, 0) is 54.9 Å². The van der Waals surface area contributed by atoms with Gasteiger partial charge in [-0.25, -0.2) is 0 Å². The summed E-state index contributed by atoms with van der Waals surface area (Å²) in [6.07, 6.45) is -1.50. The minimum atomic E-state index is -1.41. The second-order valence-corrected chi connectivity index (χ2v) is 10.7. The zero-order chi connectivity index (χ0) is 23.7. The van der Waals surface area contributed by atoms with Crippen molar-refractivity contribution in [1.82, 2.24) is 9.47 Å². The largest absolute Gasteiger partial charge is 0.497 e. The first-order valence-corrected chi connectivity index (χ1v) is 12.7. The summed E-state index contributed by atoms with van der Waals surface area (Å²) in [5, 5.41) is 43.0. The SMILES string of the molecule is CC[C@H]1C[C@H]2C[C@H]3c4c(c5cc(OC)ccc5n4[C@H]4OC(CO)[C@@H](O)[C@H](O)C4O)CCN(C2)C13. The number of hydrogen-bond acceptors (Lipinski definition) is 7. The highest BCUT2D eigenvalue weighted by atomic mass is 16.6. The number of nitrogens with zero attached hydrogens (tertiary/aromatic N) is 2. The highest BCUT2D eigenvalue weighted by molar-refractivity contribution is 5.87. The minimum Gasteiger partial charge on any atom is -0.497 e. The Balaban J connectivity index is 1.57. The molecular weight excluding hydrogens is 436 g/mol. The Morgan fingerprint density at radius 3 is 2.68 bits per heavy atom. The van der Waals surface area contributed by atoms with E-state index in [1.807, 2.05) is 12.1 Å². The van der Waals surface area contributed by atoms with Crippen LogP contribution in [0.2, 0.25) is 0 Å². The molecule has 7 rings (SSSR count). The minimum absolute atomic E-state index is 0.306.